The molecule has 0 saturated carbocycles. The van der Waals surface area contributed by atoms with E-state index in [0.29, 0.717) is 28.9 Å². The van der Waals surface area contributed by atoms with Gasteiger partial charge < -0.3 is 26.3 Å². The maximum atomic E-state index is 13.6. The van der Waals surface area contributed by atoms with Crippen molar-refractivity contribution in [2.24, 2.45) is 0 Å². The van der Waals surface area contributed by atoms with Crippen LogP contribution in [0.2, 0.25) is 0 Å². The highest BCUT2D eigenvalue weighted by atomic mass is 32.2. The summed E-state index contributed by atoms with van der Waals surface area (Å²) in [4.78, 5) is 22.0. The first-order valence-corrected chi connectivity index (χ1v) is 22.6. The number of fused-ring (bicyclic) bond motifs is 2. The van der Waals surface area contributed by atoms with Crippen LogP contribution in [0.3, 0.4) is 0 Å². The Hall–Kier alpha value is -6.83. The Morgan fingerprint density at radius 2 is 1.09 bits per heavy atom. The van der Waals surface area contributed by atoms with Gasteiger partial charge in [-0.3, -0.25) is 9.36 Å². The second kappa shape index (κ2) is 21.0. The van der Waals surface area contributed by atoms with Crippen molar-refractivity contribution in [3.63, 3.8) is 0 Å². The zero-order chi connectivity index (χ0) is 45.0. The highest BCUT2D eigenvalue weighted by Crippen LogP contribution is 2.31. The highest BCUT2D eigenvalue weighted by Gasteiger charge is 2.23. The predicted octanol–water partition coefficient (Wildman–Crippen LogP) is 10.5. The molecule has 0 radical (unpaired) electrons. The zero-order valence-corrected chi connectivity index (χ0v) is 40.6. The van der Waals surface area contributed by atoms with Gasteiger partial charge in [-0.25, -0.2) is 12.4 Å². The molecule has 0 unspecified atom stereocenters. The van der Waals surface area contributed by atoms with Gasteiger partial charge in [0.05, 0.1) is 39.4 Å². The van der Waals surface area contributed by atoms with E-state index in [4.69, 9.17) is 9.97 Å². The van der Waals surface area contributed by atoms with Crippen LogP contribution in [0.1, 0.15) is 82.4 Å². The van der Waals surface area contributed by atoms with Crippen molar-refractivity contribution in [1.29, 1.82) is 0 Å². The summed E-state index contributed by atoms with van der Waals surface area (Å²) >= 11 is 0. The van der Waals surface area contributed by atoms with Gasteiger partial charge in [-0.05, 0) is 83.9 Å². The smallest absolute Gasteiger partial charge is 0.269 e. The van der Waals surface area contributed by atoms with E-state index in [2.05, 4.69) is 79.3 Å². The number of hydrogen-bond acceptors (Lipinski definition) is 12. The summed E-state index contributed by atoms with van der Waals surface area (Å²) in [6.45, 7) is 14.3. The molecule has 66 heavy (non-hydrogen) atoms. The van der Waals surface area contributed by atoms with Crippen molar-refractivity contribution in [3.8, 4) is 0 Å². The third kappa shape index (κ3) is 11.0. The summed E-state index contributed by atoms with van der Waals surface area (Å²) in [7, 11) is -3.88. The monoisotopic (exact) mass is 944 g/mol. The number of nitrogens with zero attached hydrogens (tertiary/aromatic N) is 9. The summed E-state index contributed by atoms with van der Waals surface area (Å²) < 4.78 is 32.1. The minimum Gasteiger partial charge on any atom is -0.363 e. The molecule has 16 nitrogen and oxygen atoms in total. The Morgan fingerprint density at radius 1 is 0.591 bits per heavy atom. The molecular weight excluding hydrogens is 889 g/mol. The molecule has 3 aromatic carbocycles. The normalized spacial score (nSPS) is 12.2. The van der Waals surface area contributed by atoms with E-state index in [9.17, 15) is 8.42 Å². The van der Waals surface area contributed by atoms with E-state index in [0.717, 1.165) is 33.7 Å². The molecule has 0 fully saturated rings. The molecule has 6 heterocycles. The van der Waals surface area contributed by atoms with Gasteiger partial charge in [0, 0.05) is 49.0 Å². The van der Waals surface area contributed by atoms with Crippen LogP contribution >= 0.6 is 27.0 Å². The van der Waals surface area contributed by atoms with Gasteiger partial charge in [0.15, 0.2) is 5.65 Å². The van der Waals surface area contributed by atoms with Crippen molar-refractivity contribution in [2.45, 2.75) is 77.5 Å². The molecule has 0 amide bonds. The van der Waals surface area contributed by atoms with Crippen molar-refractivity contribution in [1.82, 2.24) is 48.5 Å². The number of benzene rings is 3. The lowest BCUT2D eigenvalue weighted by Gasteiger charge is -2.17. The molecule has 0 aliphatic heterocycles. The number of H-pyrrole nitrogens is 1. The summed E-state index contributed by atoms with van der Waals surface area (Å²) in [5, 5.41) is 23.7. The van der Waals surface area contributed by atoms with Gasteiger partial charge in [-0.2, -0.15) is 57.1 Å². The Kier molecular flexibility index (Phi) is 15.5. The molecule has 2 atom stereocenters. The standard InChI is InChI=1S/C27H29N7O2S.C20H23N7.2H2S/c1-18(2)33-17-22(16-28-33)30-27-31-25(29-20(4)21-8-6-5-7-9-21)24-14-15-34(26(24)32-27)37(35,36)23-12-10-19(3)11-13-23;1-13(2)27-12-16(11-22-27)24-20-25-18-17(9-10-21-18)19(26-20)23-14(3)15-7-5-4-6-8-15;;/h5-18,20H,1-4H3,(H2,29,30,31,32);4-14H,1-3H3,(H3,21,23,24,25,26);2*1H2/t20-;14-;;/m00../s1. The highest BCUT2D eigenvalue weighted by molar-refractivity contribution is 7.90. The molecule has 0 saturated heterocycles. The van der Waals surface area contributed by atoms with Crippen LogP contribution in [0.25, 0.3) is 22.1 Å². The largest absolute Gasteiger partial charge is 0.363 e. The van der Waals surface area contributed by atoms with Crippen LogP contribution in [0, 0.1) is 6.92 Å². The molecule has 0 aliphatic carbocycles. The number of rotatable bonds is 14. The van der Waals surface area contributed by atoms with Crippen molar-refractivity contribution < 1.29 is 8.42 Å². The fourth-order valence-electron chi connectivity index (χ4n) is 6.97. The zero-order valence-electron chi connectivity index (χ0n) is 37.8. The SMILES string of the molecule is CC(C)n1cc(Nc2nc(N[C@@H](C)c3ccccc3)c3cc[nH]c3n2)cn1.Cc1ccc(S(=O)(=O)n2ccc3c(N[C@@H](C)c4ccccc4)nc(Nc4cnn(C(C)C)c4)nc32)cc1.S.S. The van der Waals surface area contributed by atoms with Gasteiger partial charge in [-0.1, -0.05) is 78.4 Å². The Labute approximate surface area is 398 Å². The van der Waals surface area contributed by atoms with Crippen LogP contribution in [-0.4, -0.2) is 56.9 Å². The minimum atomic E-state index is -3.88. The number of anilines is 6. The summed E-state index contributed by atoms with van der Waals surface area (Å²) in [5.41, 5.74) is 5.88. The third-order valence-corrected chi connectivity index (χ3v) is 12.3. The van der Waals surface area contributed by atoms with E-state index < -0.39 is 10.0 Å². The molecule has 5 N–H and O–H groups in total. The minimum absolute atomic E-state index is 0. The number of aromatic amines is 1. The van der Waals surface area contributed by atoms with Crippen LogP contribution in [0.4, 0.5) is 34.9 Å². The average molecular weight is 945 g/mol. The molecule has 19 heteroatoms. The Morgan fingerprint density at radius 3 is 1.59 bits per heavy atom. The van der Waals surface area contributed by atoms with E-state index in [1.165, 1.54) is 15.7 Å². The molecule has 9 aromatic rings. The van der Waals surface area contributed by atoms with E-state index >= 15 is 0 Å². The fraction of sp³-hybridized carbons (Fsp3) is 0.234. The topological polar surface area (TPSA) is 190 Å². The quantitative estimate of drug-likeness (QED) is 0.0695. The van der Waals surface area contributed by atoms with Gasteiger partial charge >= 0.3 is 0 Å². The first-order chi connectivity index (χ1) is 30.8. The molecule has 9 rings (SSSR count). The molecule has 0 aliphatic rings. The predicted molar refractivity (Wildman–Crippen MR) is 275 cm³/mol. The van der Waals surface area contributed by atoms with Crippen molar-refractivity contribution >= 4 is 94.0 Å². The summed E-state index contributed by atoms with van der Waals surface area (Å²) in [5.74, 6) is 2.10. The van der Waals surface area contributed by atoms with Gasteiger partial charge in [0.1, 0.15) is 17.3 Å². The fourth-order valence-corrected chi connectivity index (χ4v) is 8.27. The number of nitrogens with one attached hydrogen (secondary N) is 5. The lowest BCUT2D eigenvalue weighted by molar-refractivity contribution is 0.532. The first kappa shape index (κ1) is 48.6. The maximum Gasteiger partial charge on any atom is 0.269 e. The molecule has 344 valence electrons. The van der Waals surface area contributed by atoms with Crippen molar-refractivity contribution in [3.05, 3.63) is 151 Å². The van der Waals surface area contributed by atoms with E-state index in [-0.39, 0.29) is 61.6 Å². The maximum absolute atomic E-state index is 13.6. The summed E-state index contributed by atoms with van der Waals surface area (Å²) in [6.07, 6.45) is 10.7. The van der Waals surface area contributed by atoms with Crippen LogP contribution < -0.4 is 21.3 Å². The van der Waals surface area contributed by atoms with Gasteiger partial charge in [-0.15, -0.1) is 0 Å². The molecule has 0 bridgehead atoms. The van der Waals surface area contributed by atoms with Crippen LogP contribution in [0.5, 0.6) is 0 Å². The average Bonchev–Trinajstić information content (AvgIpc) is 4.13. The number of aromatic nitrogens is 10. The molecule has 6 aromatic heterocycles. The van der Waals surface area contributed by atoms with E-state index in [1.807, 2.05) is 110 Å². The molecule has 0 spiro atoms. The summed E-state index contributed by atoms with van der Waals surface area (Å²) in [6, 6.07) is 31.3. The van der Waals surface area contributed by atoms with Crippen LogP contribution in [0.15, 0.2) is 139 Å². The van der Waals surface area contributed by atoms with Crippen LogP contribution in [-0.2, 0) is 10.0 Å². The lowest BCUT2D eigenvalue weighted by Crippen LogP contribution is -2.14. The lowest BCUT2D eigenvalue weighted by atomic mass is 10.1. The Bertz CT molecular complexity index is 3090. The molecular formula is C47H56N14O2S3. The number of aryl methyl sites for hydroxylation is 1. The second-order valence-electron chi connectivity index (χ2n) is 16.1. The van der Waals surface area contributed by atoms with Gasteiger partial charge in [0.25, 0.3) is 10.0 Å². The van der Waals surface area contributed by atoms with E-state index in [1.54, 1.807) is 42.7 Å². The van der Waals surface area contributed by atoms with Crippen molar-refractivity contribution in [2.75, 3.05) is 21.3 Å². The van der Waals surface area contributed by atoms with Gasteiger partial charge in [0.2, 0.25) is 11.9 Å². The second-order valence-corrected chi connectivity index (χ2v) is 17.9. The third-order valence-electron chi connectivity index (χ3n) is 10.6. The number of hydrogen-bond donors (Lipinski definition) is 5. The first-order valence-electron chi connectivity index (χ1n) is 21.1. The Balaban J connectivity index is 0.000000221.